The van der Waals surface area contributed by atoms with Gasteiger partial charge in [-0.2, -0.15) is 0 Å². The van der Waals surface area contributed by atoms with Gasteiger partial charge in [0.05, 0.1) is 17.4 Å². The van der Waals surface area contributed by atoms with E-state index in [4.69, 9.17) is 9.84 Å². The number of likely N-dealkylation sites (tertiary alicyclic amines) is 1. The van der Waals surface area contributed by atoms with E-state index in [9.17, 15) is 14.4 Å². The standard InChI is InChI=1S/C28H43N3O5/c1-4-6-9-17-30-18-13-15-28-22(21-24(33)29(3)16-12-14-27(21,5-2)36-28)25(34)31(23(28)26(30)35)19-10-7-8-11-20-32/h12-15,21-23,32H,4-11,16-20H2,1-3H3/t21-,22-,23?,27+,28-/m0/s1. The van der Waals surface area contributed by atoms with Gasteiger partial charge in [0.15, 0.2) is 0 Å². The van der Waals surface area contributed by atoms with E-state index < -0.39 is 29.1 Å². The molecule has 4 heterocycles. The smallest absolute Gasteiger partial charge is 0.249 e. The van der Waals surface area contributed by atoms with Crippen molar-refractivity contribution in [1.29, 1.82) is 0 Å². The maximum Gasteiger partial charge on any atom is 0.249 e. The van der Waals surface area contributed by atoms with Crippen molar-refractivity contribution < 1.29 is 24.2 Å². The summed E-state index contributed by atoms with van der Waals surface area (Å²) in [7, 11) is 1.77. The van der Waals surface area contributed by atoms with Crippen LogP contribution in [-0.2, 0) is 19.1 Å². The maximum absolute atomic E-state index is 14.2. The SMILES string of the molecule is CCCCCN1CC=C[C@]23O[C@]4(CC)C=CCN(C)C(=O)[C@@H]4[C@H]2C(=O)N(CCCCCCO)C3C1=O. The predicted octanol–water partition coefficient (Wildman–Crippen LogP) is 2.52. The minimum atomic E-state index is -1.16. The molecule has 4 aliphatic rings. The Morgan fingerprint density at radius 3 is 2.33 bits per heavy atom. The maximum atomic E-state index is 14.2. The number of likely N-dealkylation sites (N-methyl/N-ethyl adjacent to an activating group) is 1. The molecule has 5 atom stereocenters. The molecule has 0 aromatic heterocycles. The molecule has 0 aromatic rings. The third-order valence-corrected chi connectivity index (χ3v) is 8.56. The number of unbranched alkanes of at least 4 members (excludes halogenated alkanes) is 5. The Hall–Kier alpha value is -2.19. The van der Waals surface area contributed by atoms with E-state index in [-0.39, 0.29) is 24.3 Å². The number of carbonyl (C=O) groups is 3. The molecule has 8 heteroatoms. The highest BCUT2D eigenvalue weighted by Gasteiger charge is 2.75. The molecule has 0 bridgehead atoms. The molecule has 0 saturated carbocycles. The van der Waals surface area contributed by atoms with Crippen molar-refractivity contribution in [2.24, 2.45) is 11.8 Å². The van der Waals surface area contributed by atoms with Crippen molar-refractivity contribution in [2.75, 3.05) is 39.8 Å². The molecule has 4 rings (SSSR count). The van der Waals surface area contributed by atoms with Crippen molar-refractivity contribution in [3.8, 4) is 0 Å². The summed E-state index contributed by atoms with van der Waals surface area (Å²) < 4.78 is 6.92. The van der Waals surface area contributed by atoms with Gasteiger partial charge in [0.25, 0.3) is 0 Å². The van der Waals surface area contributed by atoms with Crippen LogP contribution in [0.3, 0.4) is 0 Å². The molecule has 2 fully saturated rings. The van der Waals surface area contributed by atoms with Crippen LogP contribution in [0.15, 0.2) is 24.3 Å². The molecule has 2 saturated heterocycles. The first-order valence-electron chi connectivity index (χ1n) is 13.9. The van der Waals surface area contributed by atoms with Gasteiger partial charge in [-0.15, -0.1) is 0 Å². The number of fused-ring (bicyclic) bond motifs is 2. The molecule has 0 aromatic carbocycles. The minimum absolute atomic E-state index is 0.0743. The molecule has 3 amide bonds. The summed E-state index contributed by atoms with van der Waals surface area (Å²) in [6.07, 6.45) is 14.6. The summed E-state index contributed by atoms with van der Waals surface area (Å²) in [5.74, 6) is -1.70. The quantitative estimate of drug-likeness (QED) is 0.347. The second-order valence-electron chi connectivity index (χ2n) is 10.8. The molecule has 36 heavy (non-hydrogen) atoms. The molecule has 0 radical (unpaired) electrons. The average molecular weight is 502 g/mol. The number of aliphatic hydroxyl groups excluding tert-OH is 1. The number of amides is 3. The van der Waals surface area contributed by atoms with Crippen LogP contribution in [0.25, 0.3) is 0 Å². The van der Waals surface area contributed by atoms with E-state index in [0.717, 1.165) is 44.9 Å². The fraction of sp³-hybridized carbons (Fsp3) is 0.750. The highest BCUT2D eigenvalue weighted by Crippen LogP contribution is 2.58. The number of hydrogen-bond acceptors (Lipinski definition) is 5. The fourth-order valence-corrected chi connectivity index (χ4v) is 6.67. The van der Waals surface area contributed by atoms with E-state index in [2.05, 4.69) is 6.92 Å². The van der Waals surface area contributed by atoms with Gasteiger partial charge in [-0.05, 0) is 25.7 Å². The number of hydrogen-bond donors (Lipinski definition) is 1. The van der Waals surface area contributed by atoms with Gasteiger partial charge in [0.1, 0.15) is 11.6 Å². The first-order valence-corrected chi connectivity index (χ1v) is 13.9. The largest absolute Gasteiger partial charge is 0.396 e. The molecule has 1 spiro atoms. The Labute approximate surface area is 215 Å². The zero-order chi connectivity index (χ0) is 25.9. The van der Waals surface area contributed by atoms with Gasteiger partial charge in [0, 0.05) is 39.8 Å². The first kappa shape index (κ1) is 26.9. The van der Waals surface area contributed by atoms with E-state index >= 15 is 0 Å². The van der Waals surface area contributed by atoms with E-state index in [1.165, 1.54) is 0 Å². The van der Waals surface area contributed by atoms with Crippen LogP contribution in [0.2, 0.25) is 0 Å². The zero-order valence-electron chi connectivity index (χ0n) is 22.2. The molecular formula is C28H43N3O5. The summed E-state index contributed by atoms with van der Waals surface area (Å²) >= 11 is 0. The summed E-state index contributed by atoms with van der Waals surface area (Å²) in [5.41, 5.74) is -2.06. The molecule has 8 nitrogen and oxygen atoms in total. The van der Waals surface area contributed by atoms with E-state index in [0.29, 0.717) is 32.6 Å². The Bertz CT molecular complexity index is 904. The van der Waals surface area contributed by atoms with Gasteiger partial charge in [-0.1, -0.05) is 63.8 Å². The van der Waals surface area contributed by atoms with Crippen molar-refractivity contribution in [2.45, 2.75) is 82.5 Å². The Morgan fingerprint density at radius 2 is 1.61 bits per heavy atom. The summed E-state index contributed by atoms with van der Waals surface area (Å²) in [6, 6.07) is -0.768. The Balaban J connectivity index is 1.73. The molecule has 4 aliphatic heterocycles. The van der Waals surface area contributed by atoms with Crippen LogP contribution < -0.4 is 0 Å². The van der Waals surface area contributed by atoms with Crippen LogP contribution in [0.4, 0.5) is 0 Å². The van der Waals surface area contributed by atoms with Crippen LogP contribution in [0.1, 0.15) is 65.2 Å². The van der Waals surface area contributed by atoms with Crippen LogP contribution in [-0.4, -0.2) is 94.6 Å². The van der Waals surface area contributed by atoms with Crippen LogP contribution in [0.5, 0.6) is 0 Å². The lowest BCUT2D eigenvalue weighted by molar-refractivity contribution is -0.154. The highest BCUT2D eigenvalue weighted by atomic mass is 16.5. The van der Waals surface area contributed by atoms with Crippen molar-refractivity contribution in [3.05, 3.63) is 24.3 Å². The molecule has 200 valence electrons. The van der Waals surface area contributed by atoms with Crippen molar-refractivity contribution in [3.63, 3.8) is 0 Å². The molecule has 1 N–H and O–H groups in total. The summed E-state index contributed by atoms with van der Waals surface area (Å²) in [5, 5.41) is 9.11. The second-order valence-corrected chi connectivity index (χ2v) is 10.8. The van der Waals surface area contributed by atoms with Crippen molar-refractivity contribution >= 4 is 17.7 Å². The van der Waals surface area contributed by atoms with Gasteiger partial charge < -0.3 is 24.5 Å². The van der Waals surface area contributed by atoms with Crippen LogP contribution in [0, 0.1) is 11.8 Å². The number of rotatable bonds is 11. The Morgan fingerprint density at radius 1 is 0.889 bits per heavy atom. The lowest BCUT2D eigenvalue weighted by Crippen LogP contribution is -2.56. The minimum Gasteiger partial charge on any atom is -0.396 e. The first-order chi connectivity index (χ1) is 17.4. The number of ether oxygens (including phenoxy) is 1. The number of nitrogens with zero attached hydrogens (tertiary/aromatic N) is 3. The molecule has 1 unspecified atom stereocenters. The topological polar surface area (TPSA) is 90.4 Å². The van der Waals surface area contributed by atoms with Gasteiger partial charge in [-0.3, -0.25) is 14.4 Å². The third kappa shape index (κ3) is 4.40. The van der Waals surface area contributed by atoms with Crippen LogP contribution >= 0.6 is 0 Å². The monoisotopic (exact) mass is 501 g/mol. The number of carbonyl (C=O) groups excluding carboxylic acids is 3. The second kappa shape index (κ2) is 11.1. The predicted molar refractivity (Wildman–Crippen MR) is 137 cm³/mol. The normalized spacial score (nSPS) is 33.6. The highest BCUT2D eigenvalue weighted by molar-refractivity contribution is 6.00. The zero-order valence-corrected chi connectivity index (χ0v) is 22.2. The van der Waals surface area contributed by atoms with E-state index in [1.54, 1.807) is 16.8 Å². The fourth-order valence-electron chi connectivity index (χ4n) is 6.67. The third-order valence-electron chi connectivity index (χ3n) is 8.56. The van der Waals surface area contributed by atoms with E-state index in [1.807, 2.05) is 36.1 Å². The molecule has 0 aliphatic carbocycles. The van der Waals surface area contributed by atoms with Crippen molar-refractivity contribution in [1.82, 2.24) is 14.7 Å². The summed E-state index contributed by atoms with van der Waals surface area (Å²) in [6.45, 7) is 6.35. The average Bonchev–Trinajstić information content (AvgIpc) is 3.16. The lowest BCUT2D eigenvalue weighted by Gasteiger charge is -2.38. The Kier molecular flexibility index (Phi) is 8.25. The lowest BCUT2D eigenvalue weighted by atomic mass is 9.73. The summed E-state index contributed by atoms with van der Waals surface area (Å²) in [4.78, 5) is 47.2. The van der Waals surface area contributed by atoms with Gasteiger partial charge in [0.2, 0.25) is 17.7 Å². The molecular weight excluding hydrogens is 458 g/mol. The van der Waals surface area contributed by atoms with Gasteiger partial charge >= 0.3 is 0 Å². The van der Waals surface area contributed by atoms with Gasteiger partial charge in [-0.25, -0.2) is 0 Å². The number of aliphatic hydroxyl groups is 1.